The summed E-state index contributed by atoms with van der Waals surface area (Å²) in [7, 11) is 0. The lowest BCUT2D eigenvalue weighted by Crippen LogP contribution is -2.41. The maximum Gasteiger partial charge on any atom is 0.515 e. The van der Waals surface area contributed by atoms with Crippen LogP contribution in [0.2, 0.25) is 0 Å². The molecule has 0 N–H and O–H groups in total. The highest BCUT2D eigenvalue weighted by atomic mass is 16.8. The second-order valence-corrected chi connectivity index (χ2v) is 3.06. The van der Waals surface area contributed by atoms with Crippen molar-refractivity contribution in [3.05, 3.63) is 11.4 Å². The lowest BCUT2D eigenvalue weighted by atomic mass is 9.97. The van der Waals surface area contributed by atoms with E-state index in [1.807, 2.05) is 0 Å². The van der Waals surface area contributed by atoms with Crippen LogP contribution in [0.4, 0.5) is 4.79 Å². The number of carbonyl (C=O) groups excluding carboxylic acids is 1. The van der Waals surface area contributed by atoms with Crippen LogP contribution in [0.15, 0.2) is 0 Å². The van der Waals surface area contributed by atoms with Crippen LogP contribution in [0.5, 0.6) is 0 Å². The van der Waals surface area contributed by atoms with Crippen molar-refractivity contribution in [2.45, 2.75) is 32.1 Å². The van der Waals surface area contributed by atoms with Crippen LogP contribution in [0, 0.1) is 6.57 Å². The maximum atomic E-state index is 10.6. The molecule has 1 rings (SSSR count). The third-order valence-electron chi connectivity index (χ3n) is 1.95. The van der Waals surface area contributed by atoms with Crippen molar-refractivity contribution < 1.29 is 14.3 Å². The van der Waals surface area contributed by atoms with Gasteiger partial charge in [-0.1, -0.05) is 0 Å². The van der Waals surface area contributed by atoms with Gasteiger partial charge in [0.25, 0.3) is 0 Å². The molecule has 1 aliphatic heterocycles. The Labute approximate surface area is 64.9 Å². The van der Waals surface area contributed by atoms with Gasteiger partial charge < -0.3 is 9.47 Å². The summed E-state index contributed by atoms with van der Waals surface area (Å²) in [4.78, 5) is 13.8. The van der Waals surface area contributed by atoms with Crippen molar-refractivity contribution in [3.8, 4) is 0 Å². The molecule has 0 amide bonds. The summed E-state index contributed by atoms with van der Waals surface area (Å²) in [6, 6.07) is 0. The fourth-order valence-corrected chi connectivity index (χ4v) is 0.766. The first-order chi connectivity index (χ1) is 4.91. The molecular weight excluding hydrogens is 146 g/mol. The topological polar surface area (TPSA) is 39.9 Å². The molecule has 0 spiro atoms. The van der Waals surface area contributed by atoms with E-state index in [2.05, 4.69) is 4.85 Å². The van der Waals surface area contributed by atoms with Crippen LogP contribution in [0.25, 0.3) is 4.85 Å². The molecule has 1 aliphatic rings. The highest BCUT2D eigenvalue weighted by Crippen LogP contribution is 2.37. The molecule has 1 heterocycles. The molecule has 0 bridgehead atoms. The molecule has 60 valence electrons. The quantitative estimate of drug-likeness (QED) is 0.393. The van der Waals surface area contributed by atoms with E-state index in [0.29, 0.717) is 0 Å². The zero-order valence-corrected chi connectivity index (χ0v) is 6.67. The van der Waals surface area contributed by atoms with Crippen molar-refractivity contribution in [1.29, 1.82) is 0 Å². The van der Waals surface area contributed by atoms with Gasteiger partial charge in [-0.3, -0.25) is 4.85 Å². The predicted octanol–water partition coefficient (Wildman–Crippen LogP) is 1.57. The summed E-state index contributed by atoms with van der Waals surface area (Å²) in [5.41, 5.74) is -2.03. The summed E-state index contributed by atoms with van der Waals surface area (Å²) in [6.45, 7) is 11.6. The van der Waals surface area contributed by atoms with Gasteiger partial charge in [-0.15, -0.1) is 0 Å². The van der Waals surface area contributed by atoms with Crippen molar-refractivity contribution >= 4 is 6.16 Å². The number of hydrogen-bond acceptors (Lipinski definition) is 3. The molecular formula is C7H9NO3. The minimum atomic E-state index is -1.18. The number of rotatable bonds is 0. The molecule has 1 fully saturated rings. The lowest BCUT2D eigenvalue weighted by molar-refractivity contribution is 0.0261. The van der Waals surface area contributed by atoms with E-state index in [4.69, 9.17) is 16.0 Å². The second kappa shape index (κ2) is 1.88. The number of nitrogens with zero attached hydrogens (tertiary/aromatic N) is 1. The van der Waals surface area contributed by atoms with Gasteiger partial charge in [0, 0.05) is 0 Å². The first kappa shape index (κ1) is 7.86. The van der Waals surface area contributed by atoms with E-state index in [-0.39, 0.29) is 0 Å². The van der Waals surface area contributed by atoms with Gasteiger partial charge in [0.1, 0.15) is 0 Å². The van der Waals surface area contributed by atoms with Gasteiger partial charge in [0.15, 0.2) is 0 Å². The van der Waals surface area contributed by atoms with Crippen LogP contribution in [-0.2, 0) is 9.47 Å². The number of ether oxygens (including phenoxy) is 2. The third kappa shape index (κ3) is 0.929. The first-order valence-electron chi connectivity index (χ1n) is 3.22. The monoisotopic (exact) mass is 155 g/mol. The smallest absolute Gasteiger partial charge is 0.415 e. The summed E-state index contributed by atoms with van der Waals surface area (Å²) < 4.78 is 9.48. The molecule has 0 saturated carbocycles. The highest BCUT2D eigenvalue weighted by molar-refractivity contribution is 5.64. The van der Waals surface area contributed by atoms with E-state index in [9.17, 15) is 4.79 Å². The molecule has 1 saturated heterocycles. The molecule has 1 unspecified atom stereocenters. The van der Waals surface area contributed by atoms with E-state index in [1.54, 1.807) is 13.8 Å². The largest absolute Gasteiger partial charge is 0.515 e. The Hall–Kier alpha value is -1.24. The first-order valence-corrected chi connectivity index (χ1v) is 3.22. The SMILES string of the molecule is [C-]#[N+]C1(C)OC(=O)OC1(C)C. The molecule has 0 aromatic carbocycles. The van der Waals surface area contributed by atoms with Crippen molar-refractivity contribution in [1.82, 2.24) is 0 Å². The molecule has 0 radical (unpaired) electrons. The Morgan fingerprint density at radius 1 is 1.36 bits per heavy atom. The Morgan fingerprint density at radius 2 is 1.91 bits per heavy atom. The standard InChI is InChI=1S/C7H9NO3/c1-6(2)7(3,8-4)11-5(9)10-6/h1-3H3. The van der Waals surface area contributed by atoms with Gasteiger partial charge in [-0.2, -0.15) is 0 Å². The zero-order chi connectivity index (χ0) is 8.70. The Bertz CT molecular complexity index is 241. The lowest BCUT2D eigenvalue weighted by Gasteiger charge is -2.20. The fourth-order valence-electron chi connectivity index (χ4n) is 0.766. The number of cyclic esters (lactones) is 2. The molecule has 11 heavy (non-hydrogen) atoms. The molecule has 4 nitrogen and oxygen atoms in total. The Morgan fingerprint density at radius 3 is 2.09 bits per heavy atom. The maximum absolute atomic E-state index is 10.6. The average molecular weight is 155 g/mol. The molecule has 0 aromatic heterocycles. The molecule has 0 aromatic rings. The minimum absolute atomic E-state index is 0.770. The Kier molecular flexibility index (Phi) is 1.34. The summed E-state index contributed by atoms with van der Waals surface area (Å²) in [5, 5.41) is 0. The van der Waals surface area contributed by atoms with Crippen LogP contribution < -0.4 is 0 Å². The van der Waals surface area contributed by atoms with Gasteiger partial charge in [-0.05, 0) is 13.8 Å². The normalized spacial score (nSPS) is 33.8. The van der Waals surface area contributed by atoms with E-state index < -0.39 is 17.5 Å². The number of hydrogen-bond donors (Lipinski definition) is 0. The van der Waals surface area contributed by atoms with Gasteiger partial charge >= 0.3 is 11.9 Å². The third-order valence-corrected chi connectivity index (χ3v) is 1.95. The molecule has 1 atom stereocenters. The minimum Gasteiger partial charge on any atom is -0.415 e. The van der Waals surface area contributed by atoms with Crippen molar-refractivity contribution in [2.24, 2.45) is 0 Å². The van der Waals surface area contributed by atoms with Crippen LogP contribution in [0.3, 0.4) is 0 Å². The van der Waals surface area contributed by atoms with Crippen molar-refractivity contribution in [3.63, 3.8) is 0 Å². The summed E-state index contributed by atoms with van der Waals surface area (Å²) >= 11 is 0. The Balaban J connectivity index is 3.01. The summed E-state index contributed by atoms with van der Waals surface area (Å²) in [5.74, 6) is 0. The van der Waals surface area contributed by atoms with E-state index in [0.717, 1.165) is 0 Å². The van der Waals surface area contributed by atoms with E-state index >= 15 is 0 Å². The highest BCUT2D eigenvalue weighted by Gasteiger charge is 2.61. The van der Waals surface area contributed by atoms with Gasteiger partial charge in [-0.25, -0.2) is 11.4 Å². The fraction of sp³-hybridized carbons (Fsp3) is 0.714. The molecule has 4 heteroatoms. The van der Waals surface area contributed by atoms with E-state index in [1.165, 1.54) is 6.92 Å². The zero-order valence-electron chi connectivity index (χ0n) is 6.67. The van der Waals surface area contributed by atoms with Gasteiger partial charge in [0.05, 0.1) is 6.92 Å². The van der Waals surface area contributed by atoms with Crippen LogP contribution in [0.1, 0.15) is 20.8 Å². The predicted molar refractivity (Wildman–Crippen MR) is 36.7 cm³/mol. The number of carbonyl (C=O) groups is 1. The summed E-state index contributed by atoms with van der Waals surface area (Å²) in [6.07, 6.45) is -0.770. The van der Waals surface area contributed by atoms with Crippen molar-refractivity contribution in [2.75, 3.05) is 0 Å². The second-order valence-electron chi connectivity index (χ2n) is 3.06. The molecule has 0 aliphatic carbocycles. The average Bonchev–Trinajstić information content (AvgIpc) is 2.03. The van der Waals surface area contributed by atoms with Crippen LogP contribution >= 0.6 is 0 Å². The van der Waals surface area contributed by atoms with Gasteiger partial charge in [0.2, 0.25) is 5.60 Å². The van der Waals surface area contributed by atoms with Crippen LogP contribution in [-0.4, -0.2) is 17.5 Å².